The molecule has 0 bridgehead atoms. The van der Waals surface area contributed by atoms with Crippen LogP contribution in [0, 0.1) is 0 Å². The molecule has 102 valence electrons. The van der Waals surface area contributed by atoms with Gasteiger partial charge in [0.25, 0.3) is 0 Å². The van der Waals surface area contributed by atoms with Gasteiger partial charge in [0, 0.05) is 36.8 Å². The summed E-state index contributed by atoms with van der Waals surface area (Å²) in [6.45, 7) is 7.68. The highest BCUT2D eigenvalue weighted by Gasteiger charge is 2.13. The predicted molar refractivity (Wildman–Crippen MR) is 77.9 cm³/mol. The van der Waals surface area contributed by atoms with E-state index in [-0.39, 0.29) is 0 Å². The first-order valence-electron chi connectivity index (χ1n) is 7.25. The minimum atomic E-state index is 0.692. The van der Waals surface area contributed by atoms with Crippen LogP contribution in [0.25, 0.3) is 0 Å². The number of thioether (sulfide) groups is 1. The summed E-state index contributed by atoms with van der Waals surface area (Å²) >= 11 is 2.13. The van der Waals surface area contributed by atoms with Crippen molar-refractivity contribution in [2.24, 2.45) is 0 Å². The van der Waals surface area contributed by atoms with Crippen LogP contribution in [0.15, 0.2) is 0 Å². The molecule has 17 heavy (non-hydrogen) atoms. The van der Waals surface area contributed by atoms with Crippen LogP contribution in [0.1, 0.15) is 52.4 Å². The molecule has 1 saturated heterocycles. The van der Waals surface area contributed by atoms with Gasteiger partial charge in [-0.3, -0.25) is 0 Å². The highest BCUT2D eigenvalue weighted by molar-refractivity contribution is 7.99. The molecule has 1 rings (SSSR count). The standard InChI is InChI=1S/C14H29NOS/c1-3-4-5-6-13(2)15-9-12-17-14-7-10-16-11-8-14/h13-15H,3-12H2,1-2H3. The molecule has 1 N–H and O–H groups in total. The van der Waals surface area contributed by atoms with E-state index in [1.54, 1.807) is 0 Å². The van der Waals surface area contributed by atoms with E-state index in [4.69, 9.17) is 4.74 Å². The monoisotopic (exact) mass is 259 g/mol. The van der Waals surface area contributed by atoms with Crippen molar-refractivity contribution in [3.63, 3.8) is 0 Å². The first kappa shape index (κ1) is 15.3. The zero-order valence-electron chi connectivity index (χ0n) is 11.5. The quantitative estimate of drug-likeness (QED) is 0.641. The van der Waals surface area contributed by atoms with Crippen molar-refractivity contribution in [3.8, 4) is 0 Å². The van der Waals surface area contributed by atoms with Crippen LogP contribution in [-0.2, 0) is 4.74 Å². The van der Waals surface area contributed by atoms with Crippen molar-refractivity contribution >= 4 is 11.8 Å². The predicted octanol–water partition coefficient (Wildman–Crippen LogP) is 3.46. The van der Waals surface area contributed by atoms with Gasteiger partial charge in [0.05, 0.1) is 0 Å². The van der Waals surface area contributed by atoms with E-state index in [0.29, 0.717) is 6.04 Å². The van der Waals surface area contributed by atoms with Crippen molar-refractivity contribution < 1.29 is 4.74 Å². The van der Waals surface area contributed by atoms with Crippen molar-refractivity contribution in [3.05, 3.63) is 0 Å². The second-order valence-electron chi connectivity index (χ2n) is 5.03. The molecular weight excluding hydrogens is 230 g/mol. The number of ether oxygens (including phenoxy) is 1. The molecule has 0 aliphatic carbocycles. The Morgan fingerprint density at radius 3 is 2.76 bits per heavy atom. The maximum atomic E-state index is 5.37. The molecule has 0 aromatic heterocycles. The summed E-state index contributed by atoms with van der Waals surface area (Å²) in [7, 11) is 0. The fourth-order valence-corrected chi connectivity index (χ4v) is 3.27. The van der Waals surface area contributed by atoms with Crippen LogP contribution < -0.4 is 5.32 Å². The van der Waals surface area contributed by atoms with Gasteiger partial charge in [-0.25, -0.2) is 0 Å². The van der Waals surface area contributed by atoms with Crippen LogP contribution >= 0.6 is 11.8 Å². The zero-order chi connectivity index (χ0) is 12.3. The lowest BCUT2D eigenvalue weighted by Crippen LogP contribution is -2.29. The Morgan fingerprint density at radius 1 is 1.29 bits per heavy atom. The summed E-state index contributed by atoms with van der Waals surface area (Å²) in [5.41, 5.74) is 0. The third-order valence-corrected chi connectivity index (χ3v) is 4.74. The molecule has 1 atom stereocenters. The Kier molecular flexibility index (Phi) is 9.21. The largest absolute Gasteiger partial charge is 0.381 e. The average Bonchev–Trinajstić information content (AvgIpc) is 2.36. The first-order valence-corrected chi connectivity index (χ1v) is 8.30. The molecular formula is C14H29NOS. The Balaban J connectivity index is 1.88. The van der Waals surface area contributed by atoms with Gasteiger partial charge >= 0.3 is 0 Å². The first-order chi connectivity index (χ1) is 8.33. The lowest BCUT2D eigenvalue weighted by molar-refractivity contribution is 0.100. The second-order valence-corrected chi connectivity index (χ2v) is 6.44. The number of unbranched alkanes of at least 4 members (excludes halogenated alkanes) is 2. The van der Waals surface area contributed by atoms with Gasteiger partial charge in [0.1, 0.15) is 0 Å². The average molecular weight is 259 g/mol. The van der Waals surface area contributed by atoms with Crippen LogP contribution in [0.2, 0.25) is 0 Å². The third-order valence-electron chi connectivity index (χ3n) is 3.36. The molecule has 0 spiro atoms. The summed E-state index contributed by atoms with van der Waals surface area (Å²) in [6, 6.07) is 0.692. The Bertz CT molecular complexity index is 172. The van der Waals surface area contributed by atoms with Gasteiger partial charge in [-0.2, -0.15) is 11.8 Å². The van der Waals surface area contributed by atoms with E-state index in [1.807, 2.05) is 0 Å². The number of rotatable bonds is 9. The highest BCUT2D eigenvalue weighted by Crippen LogP contribution is 2.21. The maximum Gasteiger partial charge on any atom is 0.0476 e. The summed E-state index contributed by atoms with van der Waals surface area (Å²) < 4.78 is 5.37. The highest BCUT2D eigenvalue weighted by atomic mass is 32.2. The number of hydrogen-bond donors (Lipinski definition) is 1. The normalized spacial score (nSPS) is 19.4. The summed E-state index contributed by atoms with van der Waals surface area (Å²) in [4.78, 5) is 0. The van der Waals surface area contributed by atoms with Crippen LogP contribution in [0.4, 0.5) is 0 Å². The van der Waals surface area contributed by atoms with Gasteiger partial charge < -0.3 is 10.1 Å². The van der Waals surface area contributed by atoms with E-state index < -0.39 is 0 Å². The molecule has 1 fully saturated rings. The van der Waals surface area contributed by atoms with Gasteiger partial charge in [-0.1, -0.05) is 26.2 Å². The van der Waals surface area contributed by atoms with Gasteiger partial charge in [-0.15, -0.1) is 0 Å². The molecule has 2 nitrogen and oxygen atoms in total. The maximum absolute atomic E-state index is 5.37. The molecule has 1 aliphatic rings. The number of nitrogens with one attached hydrogen (secondary N) is 1. The van der Waals surface area contributed by atoms with Crippen molar-refractivity contribution in [2.75, 3.05) is 25.5 Å². The minimum Gasteiger partial charge on any atom is -0.381 e. The topological polar surface area (TPSA) is 21.3 Å². The van der Waals surface area contributed by atoms with E-state index in [2.05, 4.69) is 30.9 Å². The Morgan fingerprint density at radius 2 is 2.06 bits per heavy atom. The lowest BCUT2D eigenvalue weighted by atomic mass is 10.1. The van der Waals surface area contributed by atoms with E-state index >= 15 is 0 Å². The molecule has 1 aliphatic heterocycles. The summed E-state index contributed by atoms with van der Waals surface area (Å²) in [5, 5.41) is 4.48. The van der Waals surface area contributed by atoms with Crippen LogP contribution in [-0.4, -0.2) is 36.8 Å². The SMILES string of the molecule is CCCCCC(C)NCCSC1CCOCC1. The van der Waals surface area contributed by atoms with Crippen molar-refractivity contribution in [1.29, 1.82) is 0 Å². The van der Waals surface area contributed by atoms with Crippen LogP contribution in [0.3, 0.4) is 0 Å². The molecule has 0 radical (unpaired) electrons. The fourth-order valence-electron chi connectivity index (χ4n) is 2.18. The molecule has 1 heterocycles. The lowest BCUT2D eigenvalue weighted by Gasteiger charge is -2.22. The van der Waals surface area contributed by atoms with E-state index in [9.17, 15) is 0 Å². The summed E-state index contributed by atoms with van der Waals surface area (Å²) in [5.74, 6) is 1.25. The molecule has 3 heteroatoms. The molecule has 1 unspecified atom stereocenters. The zero-order valence-corrected chi connectivity index (χ0v) is 12.4. The van der Waals surface area contributed by atoms with E-state index in [0.717, 1.165) is 25.0 Å². The smallest absolute Gasteiger partial charge is 0.0476 e. The van der Waals surface area contributed by atoms with E-state index in [1.165, 1.54) is 44.3 Å². The second kappa shape index (κ2) is 10.2. The van der Waals surface area contributed by atoms with Gasteiger partial charge in [0.15, 0.2) is 0 Å². The Hall–Kier alpha value is 0.270. The molecule has 0 aromatic rings. The molecule has 0 saturated carbocycles. The Labute approximate surface area is 111 Å². The summed E-state index contributed by atoms with van der Waals surface area (Å²) in [6.07, 6.45) is 7.90. The molecule has 0 amide bonds. The molecule has 0 aromatic carbocycles. The fraction of sp³-hybridized carbons (Fsp3) is 1.00. The third kappa shape index (κ3) is 8.06. The van der Waals surface area contributed by atoms with Gasteiger partial charge in [0.2, 0.25) is 0 Å². The van der Waals surface area contributed by atoms with Crippen molar-refractivity contribution in [1.82, 2.24) is 5.32 Å². The number of hydrogen-bond acceptors (Lipinski definition) is 3. The minimum absolute atomic E-state index is 0.692. The van der Waals surface area contributed by atoms with Gasteiger partial charge in [-0.05, 0) is 26.2 Å². The van der Waals surface area contributed by atoms with Crippen LogP contribution in [0.5, 0.6) is 0 Å². The van der Waals surface area contributed by atoms with Crippen molar-refractivity contribution in [2.45, 2.75) is 63.7 Å².